The zero-order valence-electron chi connectivity index (χ0n) is 20.7. The monoisotopic (exact) mass is 594 g/mol. The van der Waals surface area contributed by atoms with E-state index in [2.05, 4.69) is 15.9 Å². The van der Waals surface area contributed by atoms with E-state index < -0.39 is 58.1 Å². The van der Waals surface area contributed by atoms with E-state index in [1.807, 2.05) is 0 Å². The summed E-state index contributed by atoms with van der Waals surface area (Å²) in [5.74, 6) is -7.35. The van der Waals surface area contributed by atoms with Gasteiger partial charge in [-0.05, 0) is 66.6 Å². The Kier molecular flexibility index (Phi) is 6.13. The number of esters is 1. The Morgan fingerprint density at radius 1 is 1.08 bits per heavy atom. The van der Waals surface area contributed by atoms with E-state index >= 15 is 0 Å². The first-order chi connectivity index (χ1) is 18.3. The lowest BCUT2D eigenvalue weighted by Crippen LogP contribution is -2.64. The molecule has 0 aromatic heterocycles. The molecule has 0 fully saturated rings. The Labute approximate surface area is 230 Å². The zero-order chi connectivity index (χ0) is 28.5. The molecule has 200 valence electrons. The average molecular weight is 595 g/mol. The molecule has 0 radical (unpaired) electrons. The molecule has 3 aromatic rings. The highest BCUT2D eigenvalue weighted by Gasteiger charge is 2.61. The molecule has 1 amide bonds. The molecule has 2 aliphatic rings. The number of phenols is 1. The minimum Gasteiger partial charge on any atom is -0.508 e. The smallest absolute Gasteiger partial charge is 0.343 e. The number of carbonyl (C=O) groups excluding carboxylic acids is 4. The van der Waals surface area contributed by atoms with Gasteiger partial charge in [0.1, 0.15) is 22.8 Å². The Balaban J connectivity index is 1.74. The van der Waals surface area contributed by atoms with E-state index in [0.29, 0.717) is 22.1 Å². The fraction of sp³-hybridized carbons (Fsp3) is 0.214. The molecule has 7 N–H and O–H groups in total. The summed E-state index contributed by atoms with van der Waals surface area (Å²) in [6.07, 6.45) is -0.183. The van der Waals surface area contributed by atoms with Crippen LogP contribution >= 0.6 is 15.9 Å². The number of primary amides is 1. The molecular formula is C28H23BrN2O8. The van der Waals surface area contributed by atoms with Crippen molar-refractivity contribution < 1.29 is 39.2 Å². The molecule has 0 saturated carbocycles. The molecule has 0 saturated heterocycles. The van der Waals surface area contributed by atoms with Crippen LogP contribution in [0.15, 0.2) is 52.2 Å². The third kappa shape index (κ3) is 3.68. The van der Waals surface area contributed by atoms with Gasteiger partial charge in [0.2, 0.25) is 5.78 Å². The summed E-state index contributed by atoms with van der Waals surface area (Å²) in [4.78, 5) is 51.4. The minimum atomic E-state index is -2.79. The number of aliphatic hydroxyl groups is 2. The molecule has 11 heteroatoms. The SMILES string of the molecule is Cc1ccc2c(C)c3c(c(O)c2c1OC(=O)c1ccc(Br)cc1)C(=O)[C@]1(O)C(O)=C(C(N)=O)C(=O)[C@H](N)[C@@H]1C3. The van der Waals surface area contributed by atoms with Gasteiger partial charge in [-0.2, -0.15) is 0 Å². The van der Waals surface area contributed by atoms with Gasteiger partial charge in [0.25, 0.3) is 5.91 Å². The molecule has 0 heterocycles. The minimum absolute atomic E-state index is 0.00107. The number of carbonyl (C=O) groups is 4. The van der Waals surface area contributed by atoms with Gasteiger partial charge in [0.15, 0.2) is 11.4 Å². The predicted molar refractivity (Wildman–Crippen MR) is 142 cm³/mol. The van der Waals surface area contributed by atoms with Crippen LogP contribution in [-0.2, 0) is 16.0 Å². The van der Waals surface area contributed by atoms with Crippen LogP contribution in [0.1, 0.15) is 37.4 Å². The Morgan fingerprint density at radius 2 is 1.72 bits per heavy atom. The largest absolute Gasteiger partial charge is 0.508 e. The van der Waals surface area contributed by atoms with Crippen LogP contribution in [0.25, 0.3) is 10.8 Å². The number of aliphatic hydroxyl groups excluding tert-OH is 1. The number of ether oxygens (including phenoxy) is 1. The topological polar surface area (TPSA) is 190 Å². The molecule has 5 rings (SSSR count). The maximum Gasteiger partial charge on any atom is 0.343 e. The number of hydrogen-bond donors (Lipinski definition) is 5. The number of amides is 1. The van der Waals surface area contributed by atoms with Gasteiger partial charge in [0, 0.05) is 10.4 Å². The third-order valence-electron chi connectivity index (χ3n) is 7.62. The summed E-state index contributed by atoms with van der Waals surface area (Å²) < 4.78 is 6.47. The number of aromatic hydroxyl groups is 1. The van der Waals surface area contributed by atoms with Crippen molar-refractivity contribution >= 4 is 50.1 Å². The fourth-order valence-electron chi connectivity index (χ4n) is 5.51. The van der Waals surface area contributed by atoms with Gasteiger partial charge in [-0.25, -0.2) is 4.79 Å². The number of fused-ring (bicyclic) bond motifs is 3. The van der Waals surface area contributed by atoms with Crippen LogP contribution in [-0.4, -0.2) is 50.4 Å². The Hall–Kier alpha value is -4.06. The maximum absolute atomic E-state index is 13.9. The number of Topliss-reactive ketones (excluding diaryl/α,β-unsaturated/α-hetero) is 2. The van der Waals surface area contributed by atoms with E-state index in [0.717, 1.165) is 4.47 Å². The summed E-state index contributed by atoms with van der Waals surface area (Å²) in [5.41, 5.74) is 8.73. The molecular weight excluding hydrogens is 572 g/mol. The van der Waals surface area contributed by atoms with Crippen molar-refractivity contribution in [1.29, 1.82) is 0 Å². The van der Waals surface area contributed by atoms with Crippen molar-refractivity contribution in [3.63, 3.8) is 0 Å². The van der Waals surface area contributed by atoms with Gasteiger partial charge < -0.3 is 31.5 Å². The van der Waals surface area contributed by atoms with Crippen LogP contribution in [0.2, 0.25) is 0 Å². The summed E-state index contributed by atoms with van der Waals surface area (Å²) in [6.45, 7) is 3.33. The van der Waals surface area contributed by atoms with Gasteiger partial charge in [-0.3, -0.25) is 14.4 Å². The summed E-state index contributed by atoms with van der Waals surface area (Å²) in [7, 11) is 0. The van der Waals surface area contributed by atoms with Crippen molar-refractivity contribution in [2.24, 2.45) is 17.4 Å². The first-order valence-corrected chi connectivity index (χ1v) is 12.7. The van der Waals surface area contributed by atoms with E-state index in [9.17, 15) is 34.5 Å². The summed E-state index contributed by atoms with van der Waals surface area (Å²) >= 11 is 3.30. The zero-order valence-corrected chi connectivity index (χ0v) is 22.3. The molecule has 10 nitrogen and oxygen atoms in total. The molecule has 3 atom stereocenters. The molecule has 0 unspecified atom stereocenters. The molecule has 3 aromatic carbocycles. The van der Waals surface area contributed by atoms with Crippen molar-refractivity contribution in [2.75, 3.05) is 0 Å². The number of halogens is 1. The van der Waals surface area contributed by atoms with E-state index in [1.165, 1.54) is 0 Å². The highest BCUT2D eigenvalue weighted by molar-refractivity contribution is 9.10. The normalized spacial score (nSPS) is 22.5. The van der Waals surface area contributed by atoms with Crippen LogP contribution in [0, 0.1) is 19.8 Å². The van der Waals surface area contributed by atoms with Gasteiger partial charge in [0.05, 0.1) is 22.6 Å². The highest BCUT2D eigenvalue weighted by Crippen LogP contribution is 2.50. The second kappa shape index (κ2) is 9.01. The second-order valence-corrected chi connectivity index (χ2v) is 10.7. The number of aryl methyl sites for hydroxylation is 2. The highest BCUT2D eigenvalue weighted by atomic mass is 79.9. The van der Waals surface area contributed by atoms with Gasteiger partial charge in [-0.1, -0.05) is 28.1 Å². The number of rotatable bonds is 3. The number of benzene rings is 3. The lowest BCUT2D eigenvalue weighted by molar-refractivity contribution is -0.127. The average Bonchev–Trinajstić information content (AvgIpc) is 2.88. The first-order valence-electron chi connectivity index (χ1n) is 11.9. The number of hydrogen-bond acceptors (Lipinski definition) is 9. The Morgan fingerprint density at radius 3 is 2.33 bits per heavy atom. The summed E-state index contributed by atoms with van der Waals surface area (Å²) in [5, 5.41) is 34.3. The van der Waals surface area contributed by atoms with Crippen LogP contribution in [0.4, 0.5) is 0 Å². The lowest BCUT2D eigenvalue weighted by Gasteiger charge is -2.44. The molecule has 0 spiro atoms. The van der Waals surface area contributed by atoms with Gasteiger partial charge in [-0.15, -0.1) is 0 Å². The number of ketones is 2. The fourth-order valence-corrected chi connectivity index (χ4v) is 5.78. The second-order valence-electron chi connectivity index (χ2n) is 9.74. The van der Waals surface area contributed by atoms with E-state index in [-0.39, 0.29) is 28.7 Å². The standard InChI is InChI=1S/C28H23BrN2O8/c1-10-3-8-14-11(2)15-9-16-20(30)22(33)19(26(31)36)25(35)28(16,38)24(34)18(15)21(32)17(14)23(10)39-27(37)12-4-6-13(29)7-5-12/h3-8,16,20,32,35,38H,9,30H2,1-2H3,(H2,31,36)/t16-,20+,28-/m0/s1. The predicted octanol–water partition coefficient (Wildman–Crippen LogP) is 2.44. The number of nitrogens with two attached hydrogens (primary N) is 2. The quantitative estimate of drug-likeness (QED) is 0.172. The molecule has 2 aliphatic carbocycles. The van der Waals surface area contributed by atoms with Crippen molar-refractivity contribution in [3.8, 4) is 11.5 Å². The van der Waals surface area contributed by atoms with E-state index in [1.54, 1.807) is 50.2 Å². The lowest BCUT2D eigenvalue weighted by atomic mass is 9.61. The van der Waals surface area contributed by atoms with Crippen molar-refractivity contribution in [2.45, 2.75) is 31.9 Å². The summed E-state index contributed by atoms with van der Waals surface area (Å²) in [6, 6.07) is 8.30. The molecule has 0 bridgehead atoms. The number of phenolic OH excluding ortho intramolecular Hbond substituents is 1. The van der Waals surface area contributed by atoms with Crippen LogP contribution in [0.3, 0.4) is 0 Å². The van der Waals surface area contributed by atoms with Crippen molar-refractivity contribution in [3.05, 3.63) is 80.0 Å². The Bertz CT molecular complexity index is 1680. The third-order valence-corrected chi connectivity index (χ3v) is 8.15. The van der Waals surface area contributed by atoms with E-state index in [4.69, 9.17) is 16.2 Å². The van der Waals surface area contributed by atoms with Gasteiger partial charge >= 0.3 is 5.97 Å². The van der Waals surface area contributed by atoms with Crippen LogP contribution in [0.5, 0.6) is 11.5 Å². The van der Waals surface area contributed by atoms with Crippen LogP contribution < -0.4 is 16.2 Å². The molecule has 39 heavy (non-hydrogen) atoms. The first kappa shape index (κ1) is 26.5. The molecule has 0 aliphatic heterocycles. The van der Waals surface area contributed by atoms with Crippen molar-refractivity contribution in [1.82, 2.24) is 0 Å². The maximum atomic E-state index is 13.9.